The molecule has 1 aromatic carbocycles. The first-order valence-electron chi connectivity index (χ1n) is 10.7. The first-order valence-corrected chi connectivity index (χ1v) is 11.1. The van der Waals surface area contributed by atoms with Crippen LogP contribution in [0.3, 0.4) is 0 Å². The molecule has 0 spiro atoms. The van der Waals surface area contributed by atoms with Crippen molar-refractivity contribution in [3.05, 3.63) is 48.7 Å². The summed E-state index contributed by atoms with van der Waals surface area (Å²) in [5, 5.41) is 20.9. The highest BCUT2D eigenvalue weighted by molar-refractivity contribution is 7.80. The summed E-state index contributed by atoms with van der Waals surface area (Å²) in [4.78, 5) is 18.0. The van der Waals surface area contributed by atoms with Crippen molar-refractivity contribution in [2.45, 2.75) is 26.8 Å². The van der Waals surface area contributed by atoms with Gasteiger partial charge < -0.3 is 26.0 Å². The van der Waals surface area contributed by atoms with Crippen molar-refractivity contribution in [2.75, 3.05) is 35.6 Å². The van der Waals surface area contributed by atoms with Gasteiger partial charge in [0.25, 0.3) is 5.97 Å². The maximum Gasteiger partial charge on any atom is 0.300 e. The van der Waals surface area contributed by atoms with Gasteiger partial charge in [-0.2, -0.15) is 0 Å². The molecule has 1 fully saturated rings. The molecule has 0 amide bonds. The molecule has 0 aliphatic carbocycles. The normalized spacial score (nSPS) is 15.7. The number of nitrogens with one attached hydrogen (secondary N) is 1. The summed E-state index contributed by atoms with van der Waals surface area (Å²) in [6.07, 6.45) is 1.80. The Balaban J connectivity index is 0.000000709. The molecule has 0 bridgehead atoms. The van der Waals surface area contributed by atoms with Crippen molar-refractivity contribution in [3.63, 3.8) is 0 Å². The maximum absolute atomic E-state index is 9.00. The highest BCUT2D eigenvalue weighted by Crippen LogP contribution is 2.25. The van der Waals surface area contributed by atoms with Crippen molar-refractivity contribution in [3.8, 4) is 0 Å². The van der Waals surface area contributed by atoms with Gasteiger partial charge >= 0.3 is 0 Å². The predicted octanol–water partition coefficient (Wildman–Crippen LogP) is 3.24. The molecule has 4 rings (SSSR count). The third-order valence-electron chi connectivity index (χ3n) is 5.33. The van der Waals surface area contributed by atoms with Crippen LogP contribution in [0.15, 0.2) is 48.7 Å². The molecule has 4 N–H and O–H groups in total. The summed E-state index contributed by atoms with van der Waals surface area (Å²) in [6, 6.07) is 14.0. The summed E-state index contributed by atoms with van der Waals surface area (Å²) >= 11 is 5.82. The van der Waals surface area contributed by atoms with Crippen LogP contribution in [0.5, 0.6) is 0 Å². The van der Waals surface area contributed by atoms with Crippen LogP contribution < -0.4 is 16.0 Å². The van der Waals surface area contributed by atoms with Crippen molar-refractivity contribution >= 4 is 51.5 Å². The van der Waals surface area contributed by atoms with Crippen molar-refractivity contribution in [1.29, 1.82) is 0 Å². The third-order valence-corrected chi connectivity index (χ3v) is 5.67. The lowest BCUT2D eigenvalue weighted by Crippen LogP contribution is -2.58. The summed E-state index contributed by atoms with van der Waals surface area (Å²) in [5.41, 5.74) is 7.61. The molecule has 3 aromatic rings. The quantitative estimate of drug-likeness (QED) is 0.495. The first-order chi connectivity index (χ1) is 15.8. The fraction of sp³-hybridized carbons (Fsp3) is 0.348. The monoisotopic (exact) mass is 467 g/mol. The van der Waals surface area contributed by atoms with Crippen LogP contribution in [0.4, 0.5) is 17.3 Å². The third kappa shape index (κ3) is 6.26. The van der Waals surface area contributed by atoms with E-state index in [1.807, 2.05) is 30.3 Å². The number of piperazine rings is 1. The lowest BCUT2D eigenvalue weighted by atomic mass is 10.00. The Labute approximate surface area is 198 Å². The van der Waals surface area contributed by atoms with Crippen LogP contribution in [-0.4, -0.2) is 61.9 Å². The summed E-state index contributed by atoms with van der Waals surface area (Å²) in [6.45, 7) is 7.99. The second-order valence-corrected chi connectivity index (χ2v) is 8.48. The van der Waals surface area contributed by atoms with Gasteiger partial charge in [0.2, 0.25) is 0 Å². The fourth-order valence-electron chi connectivity index (χ4n) is 3.74. The molecule has 1 unspecified atom stereocenters. The van der Waals surface area contributed by atoms with E-state index in [4.69, 9.17) is 27.9 Å². The number of nitrogens with zero attached hydrogens (tertiary/aromatic N) is 5. The Morgan fingerprint density at radius 2 is 1.94 bits per heavy atom. The molecule has 2 aromatic heterocycles. The highest BCUT2D eigenvalue weighted by atomic mass is 32.1. The molecule has 1 aliphatic heterocycles. The van der Waals surface area contributed by atoms with E-state index in [0.29, 0.717) is 11.7 Å². The molecular weight excluding hydrogens is 438 g/mol. The van der Waals surface area contributed by atoms with Crippen LogP contribution >= 0.6 is 12.2 Å². The Bertz CT molecular complexity index is 1100. The Kier molecular flexibility index (Phi) is 7.94. The zero-order valence-corrected chi connectivity index (χ0v) is 19.8. The minimum Gasteiger partial charge on any atom is -0.481 e. The van der Waals surface area contributed by atoms with E-state index in [1.165, 1.54) is 0 Å². The average Bonchev–Trinajstić information content (AvgIpc) is 2.79. The number of nitrogen functional groups attached to an aromatic ring is 1. The molecule has 9 nitrogen and oxygen atoms in total. The van der Waals surface area contributed by atoms with Crippen LogP contribution in [0, 0.1) is 5.92 Å². The van der Waals surface area contributed by atoms with Crippen molar-refractivity contribution < 1.29 is 9.90 Å². The standard InChI is InChI=1S/C21H25N7S.C2H4O2/c1-14(2)18-13-27(20-9-8-19(22)25-26-20)11-12-28(18)21(29)24-17-7-3-6-16-15(17)5-4-10-23-16;1-2(3)4/h3-10,14,18H,11-13H2,1-2H3,(H2,22,25)(H,24,29);1H3,(H,3,4). The number of carbonyl (C=O) groups is 1. The summed E-state index contributed by atoms with van der Waals surface area (Å²) < 4.78 is 0. The van der Waals surface area contributed by atoms with Crippen molar-refractivity contribution in [2.24, 2.45) is 5.92 Å². The summed E-state index contributed by atoms with van der Waals surface area (Å²) in [5.74, 6) is 0.875. The zero-order valence-electron chi connectivity index (χ0n) is 19.0. The van der Waals surface area contributed by atoms with Gasteiger partial charge in [-0.15, -0.1) is 10.2 Å². The van der Waals surface area contributed by atoms with Gasteiger partial charge in [0, 0.05) is 43.8 Å². The number of hydrogen-bond acceptors (Lipinski definition) is 7. The van der Waals surface area contributed by atoms with E-state index >= 15 is 0 Å². The second kappa shape index (κ2) is 10.9. The van der Waals surface area contributed by atoms with Gasteiger partial charge in [-0.05, 0) is 54.5 Å². The number of aliphatic carboxylic acids is 1. The lowest BCUT2D eigenvalue weighted by Gasteiger charge is -2.45. The first kappa shape index (κ1) is 24.1. The van der Waals surface area contributed by atoms with E-state index in [-0.39, 0.29) is 6.04 Å². The Hall–Kier alpha value is -3.53. The molecule has 3 heterocycles. The number of carboxylic acids is 1. The van der Waals surface area contributed by atoms with E-state index in [0.717, 1.165) is 54.1 Å². The van der Waals surface area contributed by atoms with Crippen LogP contribution in [0.2, 0.25) is 0 Å². The number of nitrogens with two attached hydrogens (primary N) is 1. The highest BCUT2D eigenvalue weighted by Gasteiger charge is 2.31. The van der Waals surface area contributed by atoms with Crippen LogP contribution in [-0.2, 0) is 4.79 Å². The predicted molar refractivity (Wildman–Crippen MR) is 135 cm³/mol. The number of benzene rings is 1. The van der Waals surface area contributed by atoms with Crippen LogP contribution in [0.1, 0.15) is 20.8 Å². The molecule has 174 valence electrons. The second-order valence-electron chi connectivity index (χ2n) is 8.09. The molecule has 1 aliphatic rings. The molecule has 33 heavy (non-hydrogen) atoms. The fourth-order valence-corrected chi connectivity index (χ4v) is 4.08. The van der Waals surface area contributed by atoms with Gasteiger partial charge in [-0.25, -0.2) is 0 Å². The van der Waals surface area contributed by atoms with Crippen molar-refractivity contribution in [1.82, 2.24) is 20.1 Å². The van der Waals surface area contributed by atoms with Gasteiger partial charge in [-0.1, -0.05) is 19.9 Å². The van der Waals surface area contributed by atoms with E-state index in [1.54, 1.807) is 12.3 Å². The minimum atomic E-state index is -0.833. The van der Waals surface area contributed by atoms with Gasteiger partial charge in [0.1, 0.15) is 5.82 Å². The lowest BCUT2D eigenvalue weighted by molar-refractivity contribution is -0.134. The van der Waals surface area contributed by atoms with Gasteiger partial charge in [0.05, 0.1) is 11.6 Å². The minimum absolute atomic E-state index is 0.260. The number of pyridine rings is 1. The average molecular weight is 468 g/mol. The smallest absolute Gasteiger partial charge is 0.300 e. The number of anilines is 3. The SMILES string of the molecule is CC(=O)O.CC(C)C1CN(c2ccc(N)nn2)CCN1C(=S)Nc1cccc2ncccc12. The number of thiocarbonyl (C=S) groups is 1. The number of hydrogen-bond donors (Lipinski definition) is 3. The molecule has 1 saturated heterocycles. The number of aromatic nitrogens is 3. The van der Waals surface area contributed by atoms with Crippen LogP contribution in [0.25, 0.3) is 10.9 Å². The zero-order chi connectivity index (χ0) is 24.0. The topological polar surface area (TPSA) is 120 Å². The van der Waals surface area contributed by atoms with Gasteiger partial charge in [0.15, 0.2) is 10.9 Å². The van der Waals surface area contributed by atoms with E-state index in [9.17, 15) is 0 Å². The Morgan fingerprint density at radius 1 is 1.18 bits per heavy atom. The Morgan fingerprint density at radius 3 is 2.61 bits per heavy atom. The molecule has 1 atom stereocenters. The summed E-state index contributed by atoms with van der Waals surface area (Å²) in [7, 11) is 0. The molecule has 0 radical (unpaired) electrons. The molecular formula is C23H29N7O2S. The maximum atomic E-state index is 9.00. The molecule has 10 heteroatoms. The van der Waals surface area contributed by atoms with E-state index < -0.39 is 5.97 Å². The number of fused-ring (bicyclic) bond motifs is 1. The van der Waals surface area contributed by atoms with Gasteiger partial charge in [-0.3, -0.25) is 9.78 Å². The largest absolute Gasteiger partial charge is 0.481 e. The number of carboxylic acid groups (broad SMARTS) is 1. The molecule has 0 saturated carbocycles. The van der Waals surface area contributed by atoms with E-state index in [2.05, 4.69) is 50.2 Å². The number of rotatable bonds is 3.